The molecule has 0 aliphatic carbocycles. The summed E-state index contributed by atoms with van der Waals surface area (Å²) >= 11 is 0. The highest BCUT2D eigenvalue weighted by atomic mass is 35.5. The van der Waals surface area contributed by atoms with Crippen LogP contribution in [-0.2, 0) is 9.53 Å². The zero-order valence-electron chi connectivity index (χ0n) is 13.0. The number of hydrogen-bond acceptors (Lipinski definition) is 5. The largest absolute Gasteiger partial charge is 0.384 e. The third kappa shape index (κ3) is 3.77. The predicted molar refractivity (Wildman–Crippen MR) is 91.8 cm³/mol. The Balaban J connectivity index is 0.00000192. The van der Waals surface area contributed by atoms with Crippen LogP contribution in [0.15, 0.2) is 30.6 Å². The second-order valence-corrected chi connectivity index (χ2v) is 5.68. The van der Waals surface area contributed by atoms with Crippen molar-refractivity contribution < 1.29 is 9.53 Å². The van der Waals surface area contributed by atoms with Gasteiger partial charge in [-0.2, -0.15) is 0 Å². The summed E-state index contributed by atoms with van der Waals surface area (Å²) in [6.07, 6.45) is 4.86. The molecule has 7 heteroatoms. The first-order valence-electron chi connectivity index (χ1n) is 7.45. The Labute approximate surface area is 141 Å². The molecule has 1 aliphatic heterocycles. The average molecular weight is 337 g/mol. The maximum Gasteiger partial charge on any atom is 0.233 e. The van der Waals surface area contributed by atoms with Crippen molar-refractivity contribution in [2.24, 2.45) is 5.41 Å². The number of anilines is 1. The fraction of sp³-hybridized carbons (Fsp3) is 0.438. The van der Waals surface area contributed by atoms with E-state index < -0.39 is 5.41 Å². The first kappa shape index (κ1) is 17.6. The van der Waals surface area contributed by atoms with Crippen LogP contribution in [0.3, 0.4) is 0 Å². The van der Waals surface area contributed by atoms with Gasteiger partial charge in [-0.25, -0.2) is 0 Å². The van der Waals surface area contributed by atoms with Crippen LogP contribution in [0.25, 0.3) is 11.0 Å². The summed E-state index contributed by atoms with van der Waals surface area (Å²) in [6.45, 7) is 2.11. The van der Waals surface area contributed by atoms with Crippen LogP contribution in [0, 0.1) is 5.41 Å². The first-order valence-corrected chi connectivity index (χ1v) is 7.45. The number of aromatic nitrogens is 2. The molecule has 0 saturated carbocycles. The van der Waals surface area contributed by atoms with Crippen molar-refractivity contribution in [2.75, 3.05) is 32.1 Å². The fourth-order valence-electron chi connectivity index (χ4n) is 2.92. The standard InChI is InChI=1S/C16H20N4O2.ClH/c1-22-11-16(4-6-17-7-5-16)15(21)20-12-2-3-13-14(10-12)19-9-8-18-13;/h2-3,8-10,17H,4-7,11H2,1H3,(H,20,21);1H. The molecular weight excluding hydrogens is 316 g/mol. The van der Waals surface area contributed by atoms with Crippen molar-refractivity contribution in [1.82, 2.24) is 15.3 Å². The molecule has 1 aromatic carbocycles. The highest BCUT2D eigenvalue weighted by Crippen LogP contribution is 2.31. The molecule has 3 rings (SSSR count). The van der Waals surface area contributed by atoms with E-state index in [1.54, 1.807) is 19.5 Å². The zero-order chi connectivity index (χ0) is 15.4. The van der Waals surface area contributed by atoms with Crippen LogP contribution < -0.4 is 10.6 Å². The summed E-state index contributed by atoms with van der Waals surface area (Å²) in [4.78, 5) is 21.3. The molecule has 124 valence electrons. The Morgan fingerprint density at radius 1 is 1.26 bits per heavy atom. The molecule has 0 radical (unpaired) electrons. The molecular formula is C16H21ClN4O2. The maximum absolute atomic E-state index is 12.8. The lowest BCUT2D eigenvalue weighted by atomic mass is 9.78. The fourth-order valence-corrected chi connectivity index (χ4v) is 2.92. The van der Waals surface area contributed by atoms with Gasteiger partial charge in [0.15, 0.2) is 0 Å². The van der Waals surface area contributed by atoms with Gasteiger partial charge in [-0.15, -0.1) is 12.4 Å². The summed E-state index contributed by atoms with van der Waals surface area (Å²) < 4.78 is 5.30. The Morgan fingerprint density at radius 2 is 1.96 bits per heavy atom. The molecule has 1 aliphatic rings. The highest BCUT2D eigenvalue weighted by molar-refractivity contribution is 5.97. The number of benzene rings is 1. The van der Waals surface area contributed by atoms with E-state index in [0.29, 0.717) is 6.61 Å². The Bertz CT molecular complexity index is 668. The number of amides is 1. The summed E-state index contributed by atoms with van der Waals surface area (Å²) in [5, 5.41) is 6.30. The molecule has 0 bridgehead atoms. The summed E-state index contributed by atoms with van der Waals surface area (Å²) in [5.41, 5.74) is 1.87. The van der Waals surface area contributed by atoms with E-state index in [1.807, 2.05) is 18.2 Å². The lowest BCUT2D eigenvalue weighted by molar-refractivity contribution is -0.130. The molecule has 23 heavy (non-hydrogen) atoms. The number of nitrogens with zero attached hydrogens (tertiary/aromatic N) is 2. The van der Waals surface area contributed by atoms with Gasteiger partial charge >= 0.3 is 0 Å². The van der Waals surface area contributed by atoms with Gasteiger partial charge in [-0.05, 0) is 44.1 Å². The molecule has 1 saturated heterocycles. The van der Waals surface area contributed by atoms with E-state index >= 15 is 0 Å². The number of rotatable bonds is 4. The van der Waals surface area contributed by atoms with E-state index in [1.165, 1.54) is 0 Å². The van der Waals surface area contributed by atoms with Crippen LogP contribution in [0.2, 0.25) is 0 Å². The minimum absolute atomic E-state index is 0. The normalized spacial score (nSPS) is 16.6. The Hall–Kier alpha value is -1.76. The van der Waals surface area contributed by atoms with Crippen LogP contribution in [-0.4, -0.2) is 42.7 Å². The van der Waals surface area contributed by atoms with Gasteiger partial charge in [0.2, 0.25) is 5.91 Å². The van der Waals surface area contributed by atoms with E-state index in [2.05, 4.69) is 20.6 Å². The number of ether oxygens (including phenoxy) is 1. The second kappa shape index (κ2) is 7.68. The lowest BCUT2D eigenvalue weighted by Gasteiger charge is -2.35. The molecule has 1 aromatic heterocycles. The number of carbonyl (C=O) groups is 1. The summed E-state index contributed by atoms with van der Waals surface area (Å²) in [7, 11) is 1.64. The number of halogens is 1. The predicted octanol–water partition coefficient (Wildman–Crippen LogP) is 2.01. The van der Waals surface area contributed by atoms with Gasteiger partial charge in [0.25, 0.3) is 0 Å². The van der Waals surface area contributed by atoms with Crippen molar-refractivity contribution in [1.29, 1.82) is 0 Å². The number of nitrogens with one attached hydrogen (secondary N) is 2. The van der Waals surface area contributed by atoms with Gasteiger partial charge in [-0.3, -0.25) is 14.8 Å². The van der Waals surface area contributed by atoms with E-state index in [-0.39, 0.29) is 18.3 Å². The van der Waals surface area contributed by atoms with Crippen LogP contribution in [0.4, 0.5) is 5.69 Å². The quantitative estimate of drug-likeness (QED) is 0.893. The summed E-state index contributed by atoms with van der Waals surface area (Å²) in [6, 6.07) is 5.57. The van der Waals surface area contributed by atoms with Gasteiger partial charge in [0.1, 0.15) is 0 Å². The van der Waals surface area contributed by atoms with Crippen molar-refractivity contribution >= 4 is 35.0 Å². The molecule has 1 fully saturated rings. The van der Waals surface area contributed by atoms with Gasteiger partial charge < -0.3 is 15.4 Å². The van der Waals surface area contributed by atoms with E-state index in [4.69, 9.17) is 4.74 Å². The molecule has 0 atom stereocenters. The Morgan fingerprint density at radius 3 is 2.65 bits per heavy atom. The van der Waals surface area contributed by atoms with Gasteiger partial charge in [-0.1, -0.05) is 0 Å². The first-order chi connectivity index (χ1) is 10.7. The van der Waals surface area contributed by atoms with Crippen molar-refractivity contribution in [3.05, 3.63) is 30.6 Å². The van der Waals surface area contributed by atoms with Gasteiger partial charge in [0.05, 0.1) is 23.1 Å². The van der Waals surface area contributed by atoms with Crippen molar-refractivity contribution in [3.8, 4) is 0 Å². The molecule has 6 nitrogen and oxygen atoms in total. The third-order valence-electron chi connectivity index (χ3n) is 4.19. The number of fused-ring (bicyclic) bond motifs is 1. The topological polar surface area (TPSA) is 76.1 Å². The second-order valence-electron chi connectivity index (χ2n) is 5.68. The molecule has 0 spiro atoms. The third-order valence-corrected chi connectivity index (χ3v) is 4.19. The van der Waals surface area contributed by atoms with Crippen LogP contribution >= 0.6 is 12.4 Å². The maximum atomic E-state index is 12.8. The minimum atomic E-state index is -0.461. The number of piperidine rings is 1. The molecule has 0 unspecified atom stereocenters. The smallest absolute Gasteiger partial charge is 0.233 e. The van der Waals surface area contributed by atoms with Crippen molar-refractivity contribution in [3.63, 3.8) is 0 Å². The molecule has 2 aromatic rings. The van der Waals surface area contributed by atoms with Crippen molar-refractivity contribution in [2.45, 2.75) is 12.8 Å². The molecule has 2 heterocycles. The van der Waals surface area contributed by atoms with E-state index in [0.717, 1.165) is 42.7 Å². The van der Waals surface area contributed by atoms with Gasteiger partial charge in [0, 0.05) is 25.2 Å². The van der Waals surface area contributed by atoms with Crippen LogP contribution in [0.1, 0.15) is 12.8 Å². The Kier molecular flexibility index (Phi) is 5.87. The number of carbonyl (C=O) groups excluding carboxylic acids is 1. The minimum Gasteiger partial charge on any atom is -0.384 e. The number of hydrogen-bond donors (Lipinski definition) is 2. The average Bonchev–Trinajstić information content (AvgIpc) is 2.56. The number of methoxy groups -OCH3 is 1. The van der Waals surface area contributed by atoms with Crippen LogP contribution in [0.5, 0.6) is 0 Å². The molecule has 2 N–H and O–H groups in total. The monoisotopic (exact) mass is 336 g/mol. The van der Waals surface area contributed by atoms with E-state index in [9.17, 15) is 4.79 Å². The SMILES string of the molecule is COCC1(C(=O)Nc2ccc3nccnc3c2)CCNCC1.Cl. The molecule has 1 amide bonds. The lowest BCUT2D eigenvalue weighted by Crippen LogP contribution is -2.47. The highest BCUT2D eigenvalue weighted by Gasteiger charge is 2.39. The summed E-state index contributed by atoms with van der Waals surface area (Å²) in [5.74, 6) is 0.0130. The zero-order valence-corrected chi connectivity index (χ0v) is 13.9.